The first-order valence-electron chi connectivity index (χ1n) is 14.6. The highest BCUT2D eigenvalue weighted by molar-refractivity contribution is 7.80. The Balaban J connectivity index is 1.33. The van der Waals surface area contributed by atoms with Gasteiger partial charge in [0, 0.05) is 49.2 Å². The maximum atomic E-state index is 6.39. The first kappa shape index (κ1) is 27.4. The number of rotatable bonds is 6. The fourth-order valence-corrected chi connectivity index (χ4v) is 7.14. The second-order valence-electron chi connectivity index (χ2n) is 12.0. The Morgan fingerprint density at radius 1 is 0.947 bits per heavy atom. The Morgan fingerprint density at radius 2 is 1.61 bits per heavy atom. The van der Waals surface area contributed by atoms with Gasteiger partial charge in [-0.1, -0.05) is 56.8 Å². The van der Waals surface area contributed by atoms with Gasteiger partial charge in [-0.3, -0.25) is 0 Å². The Morgan fingerprint density at radius 3 is 2.29 bits per heavy atom. The molecule has 1 aliphatic carbocycles. The molecule has 3 fully saturated rings. The summed E-state index contributed by atoms with van der Waals surface area (Å²) in [6.07, 6.45) is 11.0. The van der Waals surface area contributed by atoms with E-state index >= 15 is 0 Å². The van der Waals surface area contributed by atoms with Crippen LogP contribution in [0, 0.1) is 11.8 Å². The molecule has 38 heavy (non-hydrogen) atoms. The summed E-state index contributed by atoms with van der Waals surface area (Å²) in [4.78, 5) is 14.8. The minimum atomic E-state index is 0.0383. The van der Waals surface area contributed by atoms with Crippen molar-refractivity contribution >= 4 is 46.5 Å². The van der Waals surface area contributed by atoms with E-state index in [1.165, 1.54) is 50.5 Å². The molecule has 2 aromatic rings. The molecule has 8 heteroatoms. The molecule has 5 rings (SSSR count). The van der Waals surface area contributed by atoms with E-state index in [9.17, 15) is 0 Å². The summed E-state index contributed by atoms with van der Waals surface area (Å²) in [5.74, 6) is 3.92. The third-order valence-corrected chi connectivity index (χ3v) is 9.11. The van der Waals surface area contributed by atoms with E-state index in [4.69, 9.17) is 33.8 Å². The molecule has 2 N–H and O–H groups in total. The molecule has 1 aromatic heterocycles. The van der Waals surface area contributed by atoms with Gasteiger partial charge in [0.15, 0.2) is 5.11 Å². The first-order valence-corrected chi connectivity index (χ1v) is 15.4. The third-order valence-electron chi connectivity index (χ3n) is 8.63. The van der Waals surface area contributed by atoms with Crippen LogP contribution in [0.2, 0.25) is 5.02 Å². The highest BCUT2D eigenvalue weighted by atomic mass is 35.5. The molecule has 0 spiro atoms. The number of halogens is 1. The molecule has 0 amide bonds. The number of hydrogen-bond acceptors (Lipinski definition) is 5. The second-order valence-corrected chi connectivity index (χ2v) is 12.8. The summed E-state index contributed by atoms with van der Waals surface area (Å²) in [6, 6.07) is 10.5. The number of anilines is 3. The van der Waals surface area contributed by atoms with Crippen LogP contribution in [0.5, 0.6) is 0 Å². The predicted octanol–water partition coefficient (Wildman–Crippen LogP) is 6.79. The number of benzene rings is 1. The van der Waals surface area contributed by atoms with Gasteiger partial charge in [-0.15, -0.1) is 0 Å². The SMILES string of the molecule is CC1CC(C)CN(c2cc(N3CCCCC3)nc(NC(=S)NCC3(c4cccc(Cl)c4)CCCCC3)n2)C1. The van der Waals surface area contributed by atoms with Crippen molar-refractivity contribution in [3.8, 4) is 0 Å². The molecule has 2 aliphatic heterocycles. The van der Waals surface area contributed by atoms with E-state index in [-0.39, 0.29) is 5.41 Å². The fraction of sp³-hybridized carbons (Fsp3) is 0.633. The zero-order valence-corrected chi connectivity index (χ0v) is 24.6. The van der Waals surface area contributed by atoms with Crippen molar-refractivity contribution in [3.05, 3.63) is 40.9 Å². The monoisotopic (exact) mass is 554 g/mol. The third kappa shape index (κ3) is 6.71. The van der Waals surface area contributed by atoms with Gasteiger partial charge in [0.1, 0.15) is 11.6 Å². The second kappa shape index (κ2) is 12.4. The molecular formula is C30H43ClN6S. The molecule has 3 heterocycles. The molecule has 2 atom stereocenters. The Bertz CT molecular complexity index is 1090. The number of hydrogen-bond donors (Lipinski definition) is 2. The van der Waals surface area contributed by atoms with E-state index < -0.39 is 0 Å². The van der Waals surface area contributed by atoms with E-state index in [1.807, 2.05) is 6.07 Å². The van der Waals surface area contributed by atoms with Gasteiger partial charge in [0.2, 0.25) is 5.95 Å². The summed E-state index contributed by atoms with van der Waals surface area (Å²) in [5.41, 5.74) is 1.34. The van der Waals surface area contributed by atoms with Crippen LogP contribution in [0.15, 0.2) is 30.3 Å². The predicted molar refractivity (Wildman–Crippen MR) is 164 cm³/mol. The van der Waals surface area contributed by atoms with Crippen LogP contribution in [-0.4, -0.2) is 47.8 Å². The maximum Gasteiger partial charge on any atom is 0.232 e. The van der Waals surface area contributed by atoms with E-state index in [0.29, 0.717) is 22.9 Å². The van der Waals surface area contributed by atoms with Crippen molar-refractivity contribution in [2.24, 2.45) is 11.8 Å². The lowest BCUT2D eigenvalue weighted by atomic mass is 9.69. The summed E-state index contributed by atoms with van der Waals surface area (Å²) in [6.45, 7) is 9.62. The van der Waals surface area contributed by atoms with Gasteiger partial charge in [-0.05, 0) is 80.3 Å². The van der Waals surface area contributed by atoms with Crippen molar-refractivity contribution < 1.29 is 0 Å². The van der Waals surface area contributed by atoms with Crippen LogP contribution < -0.4 is 20.4 Å². The van der Waals surface area contributed by atoms with Crippen molar-refractivity contribution in [2.75, 3.05) is 47.8 Å². The highest BCUT2D eigenvalue weighted by Gasteiger charge is 2.34. The molecule has 206 valence electrons. The van der Waals surface area contributed by atoms with Gasteiger partial charge in [0.25, 0.3) is 0 Å². The number of aromatic nitrogens is 2. The highest BCUT2D eigenvalue weighted by Crippen LogP contribution is 2.40. The molecule has 3 aliphatic rings. The standard InChI is InChI=1S/C30H43ClN6S/c1-22-16-23(2)20-37(19-22)27-18-26(36-14-7-4-8-15-36)33-28(34-27)35-29(38)32-21-30(12-5-3-6-13-30)24-10-9-11-25(31)17-24/h9-11,17-18,22-23H,3-8,12-16,19-21H2,1-2H3,(H2,32,33,34,35,38). The fourth-order valence-electron chi connectivity index (χ4n) is 6.78. The van der Waals surface area contributed by atoms with Crippen LogP contribution in [0.1, 0.15) is 77.2 Å². The van der Waals surface area contributed by atoms with E-state index in [1.54, 1.807) is 0 Å². The lowest BCUT2D eigenvalue weighted by Gasteiger charge is -2.38. The van der Waals surface area contributed by atoms with Crippen LogP contribution in [-0.2, 0) is 5.41 Å². The molecule has 2 saturated heterocycles. The Hall–Kier alpha value is -2.12. The number of thiocarbonyl (C=S) groups is 1. The van der Waals surface area contributed by atoms with Crippen LogP contribution in [0.4, 0.5) is 17.6 Å². The van der Waals surface area contributed by atoms with Crippen molar-refractivity contribution in [3.63, 3.8) is 0 Å². The van der Waals surface area contributed by atoms with Crippen LogP contribution in [0.25, 0.3) is 0 Å². The van der Waals surface area contributed by atoms with Crippen molar-refractivity contribution in [2.45, 2.75) is 77.0 Å². The molecule has 0 bridgehead atoms. The quantitative estimate of drug-likeness (QED) is 0.381. The summed E-state index contributed by atoms with van der Waals surface area (Å²) >= 11 is 12.2. The normalized spacial score (nSPS) is 23.7. The van der Waals surface area contributed by atoms with Gasteiger partial charge < -0.3 is 20.4 Å². The van der Waals surface area contributed by atoms with Crippen molar-refractivity contribution in [1.29, 1.82) is 0 Å². The Kier molecular flexibility index (Phi) is 8.94. The molecule has 2 unspecified atom stereocenters. The van der Waals surface area contributed by atoms with Gasteiger partial charge in [-0.2, -0.15) is 9.97 Å². The largest absolute Gasteiger partial charge is 0.361 e. The van der Waals surface area contributed by atoms with E-state index in [2.05, 4.69) is 58.5 Å². The van der Waals surface area contributed by atoms with Gasteiger partial charge in [0.05, 0.1) is 0 Å². The average Bonchev–Trinajstić information content (AvgIpc) is 2.92. The van der Waals surface area contributed by atoms with Gasteiger partial charge >= 0.3 is 0 Å². The molecule has 0 radical (unpaired) electrons. The lowest BCUT2D eigenvalue weighted by Crippen LogP contribution is -2.44. The molecule has 1 aromatic carbocycles. The minimum absolute atomic E-state index is 0.0383. The zero-order chi connectivity index (χ0) is 26.5. The summed E-state index contributed by atoms with van der Waals surface area (Å²) in [5, 5.41) is 8.28. The minimum Gasteiger partial charge on any atom is -0.361 e. The number of nitrogens with one attached hydrogen (secondary N) is 2. The van der Waals surface area contributed by atoms with Crippen LogP contribution in [0.3, 0.4) is 0 Å². The maximum absolute atomic E-state index is 6.39. The van der Waals surface area contributed by atoms with Crippen LogP contribution >= 0.6 is 23.8 Å². The number of piperidine rings is 2. The Labute approximate surface area is 238 Å². The van der Waals surface area contributed by atoms with Gasteiger partial charge in [-0.25, -0.2) is 0 Å². The summed E-state index contributed by atoms with van der Waals surface area (Å²) < 4.78 is 0. The average molecular weight is 555 g/mol. The van der Waals surface area contributed by atoms with Crippen molar-refractivity contribution in [1.82, 2.24) is 15.3 Å². The smallest absolute Gasteiger partial charge is 0.232 e. The molecule has 6 nitrogen and oxygen atoms in total. The zero-order valence-electron chi connectivity index (χ0n) is 23.0. The molecule has 1 saturated carbocycles. The first-order chi connectivity index (χ1) is 18.4. The topological polar surface area (TPSA) is 56.3 Å². The number of nitrogens with zero attached hydrogens (tertiary/aromatic N) is 4. The van der Waals surface area contributed by atoms with E-state index in [0.717, 1.165) is 62.2 Å². The molecular weight excluding hydrogens is 512 g/mol. The summed E-state index contributed by atoms with van der Waals surface area (Å²) in [7, 11) is 0. The lowest BCUT2D eigenvalue weighted by molar-refractivity contribution is 0.292.